The van der Waals surface area contributed by atoms with Gasteiger partial charge in [-0.15, -0.1) is 0 Å². The minimum atomic E-state index is -0.333. The molecule has 0 spiro atoms. The lowest BCUT2D eigenvalue weighted by Crippen LogP contribution is -2.40. The van der Waals surface area contributed by atoms with Gasteiger partial charge in [-0.2, -0.15) is 5.26 Å². The molecular formula is C21H26N4O3S2. The molecule has 0 bridgehead atoms. The van der Waals surface area contributed by atoms with Crippen LogP contribution in [0, 0.1) is 18.3 Å². The molecule has 0 aromatic carbocycles. The highest BCUT2D eigenvalue weighted by molar-refractivity contribution is 8.26. The summed E-state index contributed by atoms with van der Waals surface area (Å²) in [7, 11) is 1.67. The molecule has 7 nitrogen and oxygen atoms in total. The Hall–Kier alpha value is -2.15. The number of carbonyl (C=O) groups excluding carboxylic acids is 1. The number of aromatic nitrogens is 1. The van der Waals surface area contributed by atoms with Gasteiger partial charge in [-0.3, -0.25) is 19.1 Å². The Morgan fingerprint density at radius 1 is 1.27 bits per heavy atom. The second-order valence-corrected chi connectivity index (χ2v) is 9.03. The molecule has 1 aromatic rings. The number of nitrogens with zero attached hydrogens (tertiary/aromatic N) is 4. The molecule has 160 valence electrons. The molecule has 0 N–H and O–H groups in total. The van der Waals surface area contributed by atoms with Crippen LogP contribution in [-0.2, 0) is 16.6 Å². The van der Waals surface area contributed by atoms with Crippen LogP contribution in [-0.4, -0.2) is 52.5 Å². The Morgan fingerprint density at radius 2 is 1.97 bits per heavy atom. The molecule has 0 unspecified atom stereocenters. The van der Waals surface area contributed by atoms with Gasteiger partial charge in [0.25, 0.3) is 11.5 Å². The van der Waals surface area contributed by atoms with E-state index in [4.69, 9.17) is 17.0 Å². The number of thiocarbonyl (C=S) groups is 1. The van der Waals surface area contributed by atoms with Gasteiger partial charge in [-0.25, -0.2) is 0 Å². The summed E-state index contributed by atoms with van der Waals surface area (Å²) in [5.41, 5.74) is 1.06. The number of thioether (sulfide) groups is 1. The van der Waals surface area contributed by atoms with E-state index in [2.05, 4.69) is 11.8 Å². The van der Waals surface area contributed by atoms with Crippen molar-refractivity contribution < 1.29 is 9.53 Å². The largest absolute Gasteiger partial charge is 0.378 e. The molecule has 3 heterocycles. The summed E-state index contributed by atoms with van der Waals surface area (Å²) in [6.07, 6.45) is 4.82. The van der Waals surface area contributed by atoms with Crippen LogP contribution in [0.25, 0.3) is 6.08 Å². The molecule has 1 aromatic heterocycles. The fraction of sp³-hybridized carbons (Fsp3) is 0.524. The van der Waals surface area contributed by atoms with Crippen LogP contribution in [0.5, 0.6) is 0 Å². The van der Waals surface area contributed by atoms with Crippen molar-refractivity contribution in [2.45, 2.75) is 33.1 Å². The average molecular weight is 447 g/mol. The fourth-order valence-electron chi connectivity index (χ4n) is 3.71. The minimum absolute atomic E-state index is 0.0965. The molecule has 3 rings (SSSR count). The van der Waals surface area contributed by atoms with Crippen molar-refractivity contribution >= 4 is 46.1 Å². The third-order valence-corrected chi connectivity index (χ3v) is 6.79. The van der Waals surface area contributed by atoms with Crippen molar-refractivity contribution in [3.05, 3.63) is 31.9 Å². The first-order chi connectivity index (χ1) is 14.4. The highest BCUT2D eigenvalue weighted by Gasteiger charge is 2.32. The molecule has 0 aliphatic carbocycles. The average Bonchev–Trinajstić information content (AvgIpc) is 3.01. The highest BCUT2D eigenvalue weighted by Crippen LogP contribution is 2.36. The first-order valence-corrected chi connectivity index (χ1v) is 11.3. The molecular weight excluding hydrogens is 420 g/mol. The molecule has 0 radical (unpaired) electrons. The lowest BCUT2D eigenvalue weighted by molar-refractivity contribution is -0.122. The first kappa shape index (κ1) is 22.5. The van der Waals surface area contributed by atoms with Gasteiger partial charge in [0.15, 0.2) is 0 Å². The molecule has 0 saturated carbocycles. The number of ether oxygens (including phenoxy) is 1. The lowest BCUT2D eigenvalue weighted by atomic mass is 10.0. The molecule has 0 atom stereocenters. The van der Waals surface area contributed by atoms with Crippen molar-refractivity contribution in [2.24, 2.45) is 7.05 Å². The van der Waals surface area contributed by atoms with Crippen molar-refractivity contribution in [2.75, 3.05) is 37.7 Å². The highest BCUT2D eigenvalue weighted by atomic mass is 32.2. The number of nitriles is 1. The Kier molecular flexibility index (Phi) is 7.34. The monoisotopic (exact) mass is 446 g/mol. The smallest absolute Gasteiger partial charge is 0.270 e. The van der Waals surface area contributed by atoms with E-state index in [0.717, 1.165) is 19.3 Å². The van der Waals surface area contributed by atoms with E-state index in [-0.39, 0.29) is 17.0 Å². The van der Waals surface area contributed by atoms with Gasteiger partial charge in [0.2, 0.25) is 0 Å². The van der Waals surface area contributed by atoms with Crippen LogP contribution in [0.1, 0.15) is 42.9 Å². The standard InChI is InChI=1S/C21H26N4O3S2/c1-4-5-6-7-25-20(27)17(30-21(25)29)12-15-14(2)16(13-22)19(26)23(3)18(15)24-8-10-28-11-9-24/h12H,4-11H2,1-3H3/b17-12+. The second kappa shape index (κ2) is 9.77. The minimum Gasteiger partial charge on any atom is -0.378 e. The number of unbranched alkanes of at least 4 members (excludes halogenated alkanes) is 2. The Morgan fingerprint density at radius 3 is 2.60 bits per heavy atom. The van der Waals surface area contributed by atoms with Crippen LogP contribution in [0.3, 0.4) is 0 Å². The molecule has 2 aliphatic heterocycles. The Labute approximate surface area is 186 Å². The third kappa shape index (κ3) is 4.31. The maximum absolute atomic E-state index is 13.0. The number of morpholine rings is 1. The zero-order chi connectivity index (χ0) is 21.8. The van der Waals surface area contributed by atoms with Gasteiger partial charge in [-0.1, -0.05) is 43.7 Å². The van der Waals surface area contributed by atoms with Crippen molar-refractivity contribution in [3.63, 3.8) is 0 Å². The molecule has 2 aliphatic rings. The molecule has 2 saturated heterocycles. The van der Waals surface area contributed by atoms with E-state index in [9.17, 15) is 14.9 Å². The van der Waals surface area contributed by atoms with Crippen LogP contribution in [0.15, 0.2) is 9.70 Å². The van der Waals surface area contributed by atoms with Gasteiger partial charge in [0.05, 0.1) is 18.1 Å². The van der Waals surface area contributed by atoms with Crippen LogP contribution >= 0.6 is 24.0 Å². The molecule has 1 amide bonds. The van der Waals surface area contributed by atoms with Gasteiger partial charge < -0.3 is 9.64 Å². The quantitative estimate of drug-likeness (QED) is 0.378. The van der Waals surface area contributed by atoms with Gasteiger partial charge >= 0.3 is 0 Å². The molecule has 9 heteroatoms. The van der Waals surface area contributed by atoms with E-state index >= 15 is 0 Å². The normalized spacial score (nSPS) is 18.4. The summed E-state index contributed by atoms with van der Waals surface area (Å²) in [4.78, 5) is 30.0. The third-order valence-electron chi connectivity index (χ3n) is 5.41. The fourth-order valence-corrected chi connectivity index (χ4v) is 5.00. The van der Waals surface area contributed by atoms with E-state index in [0.29, 0.717) is 59.0 Å². The number of carbonyl (C=O) groups is 1. The van der Waals surface area contributed by atoms with Crippen LogP contribution in [0.4, 0.5) is 5.82 Å². The summed E-state index contributed by atoms with van der Waals surface area (Å²) in [6.45, 7) is 6.89. The van der Waals surface area contributed by atoms with Crippen LogP contribution in [0.2, 0.25) is 0 Å². The number of amides is 1. The van der Waals surface area contributed by atoms with Crippen molar-refractivity contribution in [3.8, 4) is 6.07 Å². The van der Waals surface area contributed by atoms with Crippen molar-refractivity contribution in [1.29, 1.82) is 5.26 Å². The summed E-state index contributed by atoms with van der Waals surface area (Å²) >= 11 is 6.72. The van der Waals surface area contributed by atoms with Gasteiger partial charge in [0.1, 0.15) is 21.8 Å². The maximum atomic E-state index is 13.0. The predicted molar refractivity (Wildman–Crippen MR) is 124 cm³/mol. The van der Waals surface area contributed by atoms with E-state index in [1.165, 1.54) is 16.3 Å². The summed E-state index contributed by atoms with van der Waals surface area (Å²) in [5.74, 6) is 0.594. The Balaban J connectivity index is 2.07. The van der Waals surface area contributed by atoms with Gasteiger partial charge in [0, 0.05) is 32.2 Å². The first-order valence-electron chi connectivity index (χ1n) is 10.1. The number of hydrogen-bond donors (Lipinski definition) is 0. The van der Waals surface area contributed by atoms with E-state index < -0.39 is 0 Å². The SMILES string of the molecule is CCCCCN1C(=O)/C(=C\c2c(C)c(C#N)c(=O)n(C)c2N2CCOCC2)SC1=S. The topological polar surface area (TPSA) is 78.6 Å². The van der Waals surface area contributed by atoms with Crippen molar-refractivity contribution in [1.82, 2.24) is 9.47 Å². The van der Waals surface area contributed by atoms with E-state index in [1.54, 1.807) is 24.9 Å². The number of rotatable bonds is 6. The Bertz CT molecular complexity index is 987. The number of hydrogen-bond acceptors (Lipinski definition) is 7. The summed E-state index contributed by atoms with van der Waals surface area (Å²) in [6, 6.07) is 2.03. The predicted octanol–water partition coefficient (Wildman–Crippen LogP) is 2.79. The number of anilines is 1. The molecule has 30 heavy (non-hydrogen) atoms. The zero-order valence-corrected chi connectivity index (χ0v) is 19.2. The summed E-state index contributed by atoms with van der Waals surface area (Å²) in [5, 5.41) is 9.55. The number of pyridine rings is 1. The van der Waals surface area contributed by atoms with E-state index in [1.807, 2.05) is 6.07 Å². The maximum Gasteiger partial charge on any atom is 0.270 e. The van der Waals surface area contributed by atoms with Crippen LogP contribution < -0.4 is 10.5 Å². The summed E-state index contributed by atoms with van der Waals surface area (Å²) < 4.78 is 7.51. The van der Waals surface area contributed by atoms with Gasteiger partial charge in [-0.05, 0) is 25.0 Å². The zero-order valence-electron chi connectivity index (χ0n) is 17.6. The second-order valence-electron chi connectivity index (χ2n) is 7.35. The lowest BCUT2D eigenvalue weighted by Gasteiger charge is -2.32. The molecule has 2 fully saturated rings.